The summed E-state index contributed by atoms with van der Waals surface area (Å²) in [4.78, 5) is 78.1. The molecule has 2 aliphatic rings. The van der Waals surface area contributed by atoms with E-state index in [1.165, 1.54) is 65.8 Å². The molecule has 0 radical (unpaired) electrons. The number of rotatable bonds is 10. The number of carbonyl (C=O) groups is 6. The fraction of sp³-hybridized carbons (Fsp3) is 0.194. The molecule has 5 aromatic carbocycles. The number of methoxy groups -OCH3 is 3. The number of Topliss-reactive ketones (excluding diaryl/α,β-unsaturated/α-hetero) is 2. The van der Waals surface area contributed by atoms with Crippen LogP contribution < -0.4 is 45.0 Å². The second-order valence-corrected chi connectivity index (χ2v) is 20.9. The molecular weight excluding hydrogens is 1270 g/mol. The smallest absolute Gasteiger partial charge is 0.318 e. The van der Waals surface area contributed by atoms with Crippen LogP contribution in [0.2, 0.25) is 0 Å². The van der Waals surface area contributed by atoms with Crippen LogP contribution in [0.25, 0.3) is 61.3 Å². The van der Waals surface area contributed by atoms with Crippen molar-refractivity contribution in [3.05, 3.63) is 150 Å². The highest BCUT2D eigenvalue weighted by atomic mass is 79.9. The van der Waals surface area contributed by atoms with Crippen molar-refractivity contribution < 1.29 is 78.8 Å². The number of aromatic nitrogens is 7. The zero-order valence-corrected chi connectivity index (χ0v) is 51.6. The van der Waals surface area contributed by atoms with Crippen LogP contribution in [0.5, 0.6) is 28.7 Å². The number of urea groups is 2. The van der Waals surface area contributed by atoms with E-state index in [9.17, 15) is 50.7 Å². The molecule has 0 bridgehead atoms. The Morgan fingerprint density at radius 2 is 1.01 bits per heavy atom. The number of aryl methyl sites for hydroxylation is 4. The summed E-state index contributed by atoms with van der Waals surface area (Å²) in [6.45, 7) is 7.37. The molecular formula is C62H54BrF6N11O11. The zero-order valence-electron chi connectivity index (χ0n) is 50.1. The van der Waals surface area contributed by atoms with Gasteiger partial charge in [0.25, 0.3) is 0 Å². The minimum atomic E-state index is -1.13. The van der Waals surface area contributed by atoms with Crippen LogP contribution >= 0.6 is 15.9 Å². The van der Waals surface area contributed by atoms with Gasteiger partial charge < -0.3 is 59.9 Å². The van der Waals surface area contributed by atoms with E-state index in [1.54, 1.807) is 67.6 Å². The summed E-state index contributed by atoms with van der Waals surface area (Å²) in [7, 11) is 10.3. The fourth-order valence-corrected chi connectivity index (χ4v) is 10.7. The van der Waals surface area contributed by atoms with Gasteiger partial charge in [-0.25, -0.2) is 22.8 Å². The number of benzene rings is 5. The predicted molar refractivity (Wildman–Crippen MR) is 328 cm³/mol. The lowest BCUT2D eigenvalue weighted by atomic mass is 10.0. The van der Waals surface area contributed by atoms with Crippen molar-refractivity contribution in [3.63, 3.8) is 0 Å². The van der Waals surface area contributed by atoms with Crippen molar-refractivity contribution in [2.45, 2.75) is 27.7 Å². The minimum absolute atomic E-state index is 0.0165. The summed E-state index contributed by atoms with van der Waals surface area (Å²) in [6.07, 6.45) is 2.67. The van der Waals surface area contributed by atoms with Gasteiger partial charge in [0.1, 0.15) is 11.5 Å². The number of ketones is 2. The van der Waals surface area contributed by atoms with Crippen molar-refractivity contribution in [1.29, 1.82) is 0 Å². The van der Waals surface area contributed by atoms with Crippen molar-refractivity contribution >= 4 is 102 Å². The molecule has 5 aromatic heterocycles. The van der Waals surface area contributed by atoms with Crippen LogP contribution in [0.1, 0.15) is 69.8 Å². The van der Waals surface area contributed by atoms with E-state index in [2.05, 4.69) is 67.1 Å². The quantitative estimate of drug-likeness (QED) is 0.0382. The standard InChI is InChI=1S/C26H23F2N5O4.C16H15F2N3O2.C10H6BrF2NO2.C10H10N2O3/c1-11-20(12(2)33(4)32-11)23-14(15-9-18(36-5)21(27)22(28)24(15)31-23)10-19-25(34)16-8-13(30-26(35)29-3)6-7-17(16)37-19;1-7-12(8(2)21(3)20-7)15-10(6-22)9-5-11(23-4)13(17)14(18)16(9)19-15;1-16-6-2-4-5(3-15)10(11)14-9(4)8(13)7(6)12;1-11-10(14)12-6-2-3-9-7(4-6)8(13)5-15-9/h6-10,31H,1-5H3,(H2,29,30,35);5-6,19H,1-4H3;2-3,14H,1H3;2-4H,5H2,1H3,(H2,11,12,14)/b19-10-;;;. The SMILES string of the molecule is CNC(=O)Nc1ccc2c(c1)C(=O)/C(=C/c1c(-c3c(C)nn(C)c3C)[nH]c3c(F)c(F)c(OC)cc13)O2.CNC(=O)Nc1ccc2c(c1)C(=O)CO2.COc1cc2c(C=O)c(-c3c(C)nn(C)c3C)[nH]c2c(F)c1F.COc1cc2c(C=O)c(Br)[nH]c2c(F)c1F. The van der Waals surface area contributed by atoms with Gasteiger partial charge in [0.15, 0.2) is 59.6 Å². The molecule has 0 saturated heterocycles. The first kappa shape index (κ1) is 64.6. The molecule has 2 aliphatic heterocycles. The normalized spacial score (nSPS) is 12.4. The van der Waals surface area contributed by atoms with Gasteiger partial charge >= 0.3 is 12.1 Å². The number of hydrogen-bond donors (Lipinski definition) is 7. The van der Waals surface area contributed by atoms with Crippen LogP contribution in [0.4, 0.5) is 47.3 Å². The third-order valence-electron chi connectivity index (χ3n) is 14.9. The first-order valence-corrected chi connectivity index (χ1v) is 27.8. The van der Waals surface area contributed by atoms with E-state index in [0.29, 0.717) is 90.5 Å². The van der Waals surface area contributed by atoms with Crippen LogP contribution in [0.15, 0.2) is 65.0 Å². The third-order valence-corrected chi connectivity index (χ3v) is 15.5. The Balaban J connectivity index is 0.000000155. The van der Waals surface area contributed by atoms with Gasteiger partial charge in [0.2, 0.25) is 29.0 Å². The molecule has 12 rings (SSSR count). The molecule has 0 unspecified atom stereocenters. The number of nitrogens with one attached hydrogen (secondary N) is 7. The number of aromatic amines is 3. The van der Waals surface area contributed by atoms with E-state index in [0.717, 1.165) is 11.4 Å². The molecule has 4 amide bonds. The minimum Gasteiger partial charge on any atom is -0.494 e. The number of aldehydes is 2. The Labute approximate surface area is 520 Å². The van der Waals surface area contributed by atoms with E-state index in [-0.39, 0.29) is 85.4 Å². The summed E-state index contributed by atoms with van der Waals surface area (Å²) in [5.74, 6) is -6.93. The van der Waals surface area contributed by atoms with Gasteiger partial charge in [0, 0.05) is 89.4 Å². The molecule has 10 aromatic rings. The molecule has 91 heavy (non-hydrogen) atoms. The summed E-state index contributed by atoms with van der Waals surface area (Å²) in [5, 5.41) is 19.6. The molecule has 7 N–H and O–H groups in total. The number of anilines is 2. The molecule has 0 atom stereocenters. The van der Waals surface area contributed by atoms with Crippen LogP contribution in [0, 0.1) is 62.6 Å². The number of ether oxygens (including phenoxy) is 5. The Hall–Kier alpha value is -10.8. The average molecular weight is 1320 g/mol. The molecule has 29 heteroatoms. The summed E-state index contributed by atoms with van der Waals surface area (Å²) >= 11 is 3.06. The maximum atomic E-state index is 15.1. The summed E-state index contributed by atoms with van der Waals surface area (Å²) in [6, 6.07) is 12.9. The lowest BCUT2D eigenvalue weighted by Gasteiger charge is -2.05. The van der Waals surface area contributed by atoms with Crippen molar-refractivity contribution in [3.8, 4) is 51.3 Å². The molecule has 0 aliphatic carbocycles. The fourth-order valence-electron chi connectivity index (χ4n) is 10.2. The number of allylic oxidation sites excluding steroid dienone is 1. The average Bonchev–Trinajstić information content (AvgIpc) is 1.66. The van der Waals surface area contributed by atoms with E-state index in [1.807, 2.05) is 13.8 Å². The summed E-state index contributed by atoms with van der Waals surface area (Å²) in [5.41, 5.74) is 7.62. The van der Waals surface area contributed by atoms with Crippen molar-refractivity contribution in [2.24, 2.45) is 14.1 Å². The molecule has 472 valence electrons. The van der Waals surface area contributed by atoms with Gasteiger partial charge in [0.05, 0.1) is 81.9 Å². The van der Waals surface area contributed by atoms with Gasteiger partial charge in [-0.05, 0) is 104 Å². The number of halogens is 7. The molecule has 7 heterocycles. The molecule has 0 saturated carbocycles. The van der Waals surface area contributed by atoms with Crippen LogP contribution in [0.3, 0.4) is 0 Å². The predicted octanol–water partition coefficient (Wildman–Crippen LogP) is 12.2. The Bertz CT molecular complexity index is 4700. The molecule has 22 nitrogen and oxygen atoms in total. The zero-order chi connectivity index (χ0) is 66.2. The highest BCUT2D eigenvalue weighted by molar-refractivity contribution is 9.10. The van der Waals surface area contributed by atoms with Crippen LogP contribution in [-0.2, 0) is 14.1 Å². The number of amides is 4. The van der Waals surface area contributed by atoms with Crippen molar-refractivity contribution in [2.75, 3.05) is 52.7 Å². The highest BCUT2D eigenvalue weighted by Gasteiger charge is 2.32. The molecule has 0 fully saturated rings. The topological polar surface area (TPSA) is 280 Å². The first-order chi connectivity index (χ1) is 43.3. The summed E-state index contributed by atoms with van der Waals surface area (Å²) < 4.78 is 114. The van der Waals surface area contributed by atoms with E-state index < -0.39 is 46.7 Å². The van der Waals surface area contributed by atoms with E-state index in [4.69, 9.17) is 18.9 Å². The second kappa shape index (κ2) is 26.1. The molecule has 0 spiro atoms. The van der Waals surface area contributed by atoms with Crippen LogP contribution in [-0.4, -0.2) is 113 Å². The third kappa shape index (κ3) is 12.0. The maximum absolute atomic E-state index is 15.1. The van der Waals surface area contributed by atoms with Crippen molar-refractivity contribution in [1.82, 2.24) is 45.1 Å². The van der Waals surface area contributed by atoms with E-state index >= 15 is 4.39 Å². The highest BCUT2D eigenvalue weighted by Crippen LogP contribution is 2.43. The number of nitrogens with zero attached hydrogens (tertiary/aromatic N) is 4. The second-order valence-electron chi connectivity index (χ2n) is 20.1. The Morgan fingerprint density at radius 1 is 0.593 bits per heavy atom. The largest absolute Gasteiger partial charge is 0.494 e. The maximum Gasteiger partial charge on any atom is 0.318 e. The van der Waals surface area contributed by atoms with Gasteiger partial charge in [-0.2, -0.15) is 23.4 Å². The monoisotopic (exact) mass is 1320 g/mol. The lowest BCUT2D eigenvalue weighted by molar-refractivity contribution is 0.0959. The van der Waals surface area contributed by atoms with Gasteiger partial charge in [-0.3, -0.25) is 28.5 Å². The van der Waals surface area contributed by atoms with Gasteiger partial charge in [-0.1, -0.05) is 0 Å². The van der Waals surface area contributed by atoms with Gasteiger partial charge in [-0.15, -0.1) is 0 Å². The number of fused-ring (bicyclic) bond motifs is 5. The Kier molecular flexibility index (Phi) is 18.5. The number of hydrogen-bond acceptors (Lipinski definition) is 13. The first-order valence-electron chi connectivity index (χ1n) is 27.0. The Morgan fingerprint density at radius 3 is 1.44 bits per heavy atom. The lowest BCUT2D eigenvalue weighted by Crippen LogP contribution is -2.24. The number of H-pyrrole nitrogens is 3. The number of carbonyl (C=O) groups excluding carboxylic acids is 6.